The van der Waals surface area contributed by atoms with E-state index < -0.39 is 0 Å². The molecule has 2 aromatic heterocycles. The molecule has 1 amide bonds. The number of aromatic nitrogens is 3. The van der Waals surface area contributed by atoms with E-state index in [0.29, 0.717) is 18.3 Å². The van der Waals surface area contributed by atoms with E-state index in [1.54, 1.807) is 0 Å². The summed E-state index contributed by atoms with van der Waals surface area (Å²) in [5, 5.41) is 0. The van der Waals surface area contributed by atoms with Crippen molar-refractivity contribution in [2.45, 2.75) is 25.4 Å². The van der Waals surface area contributed by atoms with Crippen molar-refractivity contribution in [3.05, 3.63) is 89.7 Å². The number of piperidine rings is 1. The first-order valence-electron chi connectivity index (χ1n) is 12.3. The van der Waals surface area contributed by atoms with Crippen LogP contribution in [0.25, 0.3) is 33.2 Å². The molecule has 6 rings (SSSR count). The lowest BCUT2D eigenvalue weighted by Crippen LogP contribution is -2.47. The summed E-state index contributed by atoms with van der Waals surface area (Å²) >= 11 is 0. The van der Waals surface area contributed by atoms with E-state index in [0.717, 1.165) is 65.4 Å². The molecule has 2 aliphatic heterocycles. The summed E-state index contributed by atoms with van der Waals surface area (Å²) < 4.78 is 4.32. The fourth-order valence-electron chi connectivity index (χ4n) is 5.41. The number of fused-ring (bicyclic) bond motifs is 5. The number of rotatable bonds is 3. The Bertz CT molecular complexity index is 1490. The molecule has 1 saturated heterocycles. The fraction of sp³-hybridized carbons (Fsp3) is 0.276. The lowest BCUT2D eigenvalue weighted by molar-refractivity contribution is 0.0635. The molecule has 0 bridgehead atoms. The van der Waals surface area contributed by atoms with Crippen molar-refractivity contribution in [3.8, 4) is 28.3 Å². The topological polar surface area (TPSA) is 50.7 Å². The maximum atomic E-state index is 13.5. The van der Waals surface area contributed by atoms with Crippen LogP contribution in [-0.2, 0) is 6.54 Å². The van der Waals surface area contributed by atoms with Crippen molar-refractivity contribution in [1.29, 1.82) is 0 Å². The minimum Gasteiger partial charge on any atom is -0.340 e. The molecule has 1 fully saturated rings. The first-order chi connectivity index (χ1) is 17.5. The van der Waals surface area contributed by atoms with Gasteiger partial charge in [-0.25, -0.2) is 9.83 Å². The number of carbonyl (C=O) groups is 1. The van der Waals surface area contributed by atoms with Crippen molar-refractivity contribution >= 4 is 11.6 Å². The van der Waals surface area contributed by atoms with Crippen molar-refractivity contribution in [3.63, 3.8) is 0 Å². The predicted octanol–water partition coefficient (Wildman–Crippen LogP) is 5.09. The molecule has 0 unspecified atom stereocenters. The van der Waals surface area contributed by atoms with Gasteiger partial charge in [-0.1, -0.05) is 24.3 Å². The quantitative estimate of drug-likeness (QED) is 0.341. The summed E-state index contributed by atoms with van der Waals surface area (Å²) in [6.07, 6.45) is 8.10. The zero-order chi connectivity index (χ0) is 24.8. The Labute approximate surface area is 211 Å². The first kappa shape index (κ1) is 22.3. The Morgan fingerprint density at radius 3 is 2.72 bits per heavy atom. The summed E-state index contributed by atoms with van der Waals surface area (Å²) in [5.74, 6) is 0.981. The highest BCUT2D eigenvalue weighted by atomic mass is 16.2. The molecular weight excluding hydrogens is 448 g/mol. The molecule has 36 heavy (non-hydrogen) atoms. The maximum absolute atomic E-state index is 13.5. The number of hydrogen-bond donors (Lipinski definition) is 0. The van der Waals surface area contributed by atoms with E-state index >= 15 is 0 Å². The third-order valence-corrected chi connectivity index (χ3v) is 7.44. The van der Waals surface area contributed by atoms with Crippen molar-refractivity contribution in [1.82, 2.24) is 23.9 Å². The zero-order valence-corrected chi connectivity index (χ0v) is 20.6. The molecule has 4 aromatic rings. The van der Waals surface area contributed by atoms with Gasteiger partial charge in [-0.2, -0.15) is 0 Å². The van der Waals surface area contributed by atoms with E-state index in [4.69, 9.17) is 6.57 Å². The minimum atomic E-state index is 0.104. The van der Waals surface area contributed by atoms with Crippen molar-refractivity contribution < 1.29 is 4.79 Å². The smallest absolute Gasteiger partial charge is 0.253 e. The molecule has 0 radical (unpaired) electrons. The molecule has 0 aliphatic carbocycles. The van der Waals surface area contributed by atoms with Crippen LogP contribution in [0.3, 0.4) is 0 Å². The molecule has 2 aromatic carbocycles. The number of amides is 1. The Balaban J connectivity index is 1.36. The minimum absolute atomic E-state index is 0.104. The molecule has 1 atom stereocenters. The fourth-order valence-corrected chi connectivity index (χ4v) is 5.41. The Hall–Kier alpha value is -4.15. The summed E-state index contributed by atoms with van der Waals surface area (Å²) in [4.78, 5) is 25.9. The second-order valence-electron chi connectivity index (χ2n) is 9.88. The van der Waals surface area contributed by atoms with Crippen molar-refractivity contribution in [2.24, 2.45) is 0 Å². The van der Waals surface area contributed by atoms with Gasteiger partial charge in [0.2, 0.25) is 0 Å². The number of carbonyl (C=O) groups excluding carboxylic acids is 1. The Morgan fingerprint density at radius 1 is 1.11 bits per heavy atom. The van der Waals surface area contributed by atoms with Crippen LogP contribution in [0.5, 0.6) is 0 Å². The van der Waals surface area contributed by atoms with E-state index in [-0.39, 0.29) is 5.91 Å². The van der Waals surface area contributed by atoms with E-state index in [1.807, 2.05) is 47.6 Å². The highest BCUT2D eigenvalue weighted by Crippen LogP contribution is 2.35. The van der Waals surface area contributed by atoms with Crippen LogP contribution in [0.1, 0.15) is 28.8 Å². The van der Waals surface area contributed by atoms with E-state index in [2.05, 4.69) is 62.4 Å². The predicted molar refractivity (Wildman–Crippen MR) is 140 cm³/mol. The lowest BCUT2D eigenvalue weighted by atomic mass is 10.0. The molecule has 4 heterocycles. The second kappa shape index (κ2) is 8.81. The molecule has 7 nitrogen and oxygen atoms in total. The summed E-state index contributed by atoms with van der Waals surface area (Å²) in [5.41, 5.74) is 6.67. The van der Waals surface area contributed by atoms with Gasteiger partial charge in [0.25, 0.3) is 5.91 Å². The van der Waals surface area contributed by atoms with Crippen LogP contribution in [0.2, 0.25) is 0 Å². The Morgan fingerprint density at radius 2 is 1.94 bits per heavy atom. The van der Waals surface area contributed by atoms with Gasteiger partial charge in [0.1, 0.15) is 0 Å². The van der Waals surface area contributed by atoms with Gasteiger partial charge in [-0.15, -0.1) is 0 Å². The van der Waals surface area contributed by atoms with E-state index in [9.17, 15) is 4.79 Å². The number of nitrogens with zero attached hydrogens (tertiary/aromatic N) is 6. The van der Waals surface area contributed by atoms with Crippen LogP contribution < -0.4 is 0 Å². The van der Waals surface area contributed by atoms with E-state index in [1.165, 1.54) is 0 Å². The average Bonchev–Trinajstić information content (AvgIpc) is 3.53. The van der Waals surface area contributed by atoms with Gasteiger partial charge in [0.15, 0.2) is 11.5 Å². The number of imidazole rings is 1. The van der Waals surface area contributed by atoms with Gasteiger partial charge in [0.05, 0.1) is 18.0 Å². The van der Waals surface area contributed by atoms with Gasteiger partial charge in [-0.3, -0.25) is 9.36 Å². The molecule has 0 spiro atoms. The highest BCUT2D eigenvalue weighted by molar-refractivity contribution is 5.95. The van der Waals surface area contributed by atoms with Crippen molar-refractivity contribution in [2.75, 3.05) is 27.2 Å². The first-order valence-corrected chi connectivity index (χ1v) is 12.3. The monoisotopic (exact) mass is 476 g/mol. The molecule has 180 valence electrons. The third kappa shape index (κ3) is 3.80. The second-order valence-corrected chi connectivity index (χ2v) is 9.88. The summed E-state index contributed by atoms with van der Waals surface area (Å²) in [6.45, 7) is 9.43. The SMILES string of the molecule is [C-]#[N+]c1ccc(-c2cc3n(c2)Cc2cc(C(=O)N4CCC[C@H](N(C)C)C4)ccc2-n2ccnc2-3)cc1. The lowest BCUT2D eigenvalue weighted by Gasteiger charge is -2.36. The average molecular weight is 477 g/mol. The Kier molecular flexibility index (Phi) is 5.46. The van der Waals surface area contributed by atoms with Crippen LogP contribution in [-0.4, -0.2) is 63.1 Å². The summed E-state index contributed by atoms with van der Waals surface area (Å²) in [6, 6.07) is 16.3. The normalized spacial score (nSPS) is 16.6. The van der Waals surface area contributed by atoms with Crippen LogP contribution in [0.4, 0.5) is 5.69 Å². The molecule has 0 saturated carbocycles. The van der Waals surface area contributed by atoms with Crippen LogP contribution in [0, 0.1) is 6.57 Å². The number of likely N-dealkylation sites (tertiary alicyclic amines) is 1. The van der Waals surface area contributed by atoms with Gasteiger partial charge in [0, 0.05) is 55.4 Å². The van der Waals surface area contributed by atoms with Crippen LogP contribution >= 0.6 is 0 Å². The molecule has 0 N–H and O–H groups in total. The largest absolute Gasteiger partial charge is 0.340 e. The molecule has 7 heteroatoms. The van der Waals surface area contributed by atoms with Gasteiger partial charge < -0.3 is 14.4 Å². The standard InChI is InChI=1S/C29H28N6O/c1-30-24-9-6-20(7-10-24)22-16-27-28-31-12-14-35(28)26-11-8-21(15-23(26)18-34(27)17-22)29(36)33-13-4-5-25(19-33)32(2)3/h6-12,14-17,25H,4-5,13,18-19H2,2-3H3/t25-/m0/s1. The molecular formula is C29H28N6O. The maximum Gasteiger partial charge on any atom is 0.253 e. The zero-order valence-electron chi connectivity index (χ0n) is 20.6. The number of benzene rings is 2. The van der Waals surface area contributed by atoms with Crippen LogP contribution in [0.15, 0.2) is 67.1 Å². The van der Waals surface area contributed by atoms with Gasteiger partial charge in [-0.05, 0) is 62.3 Å². The molecule has 2 aliphatic rings. The third-order valence-electron chi connectivity index (χ3n) is 7.44. The van der Waals surface area contributed by atoms with Gasteiger partial charge >= 0.3 is 0 Å². The summed E-state index contributed by atoms with van der Waals surface area (Å²) in [7, 11) is 4.18. The highest BCUT2D eigenvalue weighted by Gasteiger charge is 2.27. The number of likely N-dealkylation sites (N-methyl/N-ethyl adjacent to an activating group) is 1. The number of hydrogen-bond acceptors (Lipinski definition) is 3.